The lowest BCUT2D eigenvalue weighted by molar-refractivity contribution is 0.174. The van der Waals surface area contributed by atoms with Gasteiger partial charge in [0.2, 0.25) is 6.79 Å². The highest BCUT2D eigenvalue weighted by Crippen LogP contribution is 2.56. The molecule has 2 atom stereocenters. The van der Waals surface area contributed by atoms with Gasteiger partial charge < -0.3 is 14.6 Å². The van der Waals surface area contributed by atoms with Gasteiger partial charge in [0.25, 0.3) is 0 Å². The SMILES string of the molecule is Cc1cc2c(cc1C1(CO)CC1C)OCO2. The van der Waals surface area contributed by atoms with E-state index in [0.29, 0.717) is 12.7 Å². The largest absolute Gasteiger partial charge is 0.454 e. The average molecular weight is 220 g/mol. The second kappa shape index (κ2) is 3.14. The molecule has 3 rings (SSSR count). The van der Waals surface area contributed by atoms with Crippen molar-refractivity contribution < 1.29 is 14.6 Å². The molecule has 1 heterocycles. The quantitative estimate of drug-likeness (QED) is 0.828. The summed E-state index contributed by atoms with van der Waals surface area (Å²) in [6.45, 7) is 4.77. The molecule has 1 N–H and O–H groups in total. The van der Waals surface area contributed by atoms with Gasteiger partial charge in [0.05, 0.1) is 6.61 Å². The zero-order chi connectivity index (χ0) is 11.3. The Morgan fingerprint density at radius 1 is 1.38 bits per heavy atom. The van der Waals surface area contributed by atoms with Crippen LogP contribution in [-0.2, 0) is 5.41 Å². The van der Waals surface area contributed by atoms with Crippen LogP contribution in [0, 0.1) is 12.8 Å². The molecule has 1 aliphatic carbocycles. The first-order valence-corrected chi connectivity index (χ1v) is 5.69. The third-order valence-corrected chi connectivity index (χ3v) is 3.99. The summed E-state index contributed by atoms with van der Waals surface area (Å²) in [5.41, 5.74) is 2.36. The van der Waals surface area contributed by atoms with Gasteiger partial charge >= 0.3 is 0 Å². The topological polar surface area (TPSA) is 38.7 Å². The number of fused-ring (bicyclic) bond motifs is 1. The fourth-order valence-corrected chi connectivity index (χ4v) is 2.75. The normalized spacial score (nSPS) is 30.6. The van der Waals surface area contributed by atoms with Crippen molar-refractivity contribution in [2.75, 3.05) is 13.4 Å². The summed E-state index contributed by atoms with van der Waals surface area (Å²) in [5, 5.41) is 9.58. The van der Waals surface area contributed by atoms with Gasteiger partial charge in [0, 0.05) is 5.41 Å². The highest BCUT2D eigenvalue weighted by atomic mass is 16.7. The maximum absolute atomic E-state index is 9.58. The molecule has 16 heavy (non-hydrogen) atoms. The van der Waals surface area contributed by atoms with E-state index in [0.717, 1.165) is 17.9 Å². The van der Waals surface area contributed by atoms with Gasteiger partial charge in [-0.05, 0) is 42.5 Å². The van der Waals surface area contributed by atoms with E-state index in [4.69, 9.17) is 9.47 Å². The van der Waals surface area contributed by atoms with Crippen molar-refractivity contribution in [3.63, 3.8) is 0 Å². The monoisotopic (exact) mass is 220 g/mol. The third-order valence-electron chi connectivity index (χ3n) is 3.99. The number of aliphatic hydroxyl groups excluding tert-OH is 1. The molecule has 3 heteroatoms. The zero-order valence-electron chi connectivity index (χ0n) is 9.62. The predicted octanol–water partition coefficient (Wildman–Crippen LogP) is 1.99. The van der Waals surface area contributed by atoms with Crippen LogP contribution >= 0.6 is 0 Å². The third kappa shape index (κ3) is 1.18. The Morgan fingerprint density at radius 3 is 2.56 bits per heavy atom. The number of aryl methyl sites for hydroxylation is 1. The van der Waals surface area contributed by atoms with Crippen LogP contribution in [0.3, 0.4) is 0 Å². The molecule has 1 aromatic rings. The number of ether oxygens (including phenoxy) is 2. The van der Waals surface area contributed by atoms with E-state index in [1.165, 1.54) is 11.1 Å². The smallest absolute Gasteiger partial charge is 0.231 e. The molecule has 0 spiro atoms. The van der Waals surface area contributed by atoms with Crippen LogP contribution in [0.2, 0.25) is 0 Å². The van der Waals surface area contributed by atoms with Crippen LogP contribution in [0.5, 0.6) is 11.5 Å². The molecular formula is C13H16O3. The van der Waals surface area contributed by atoms with E-state index in [9.17, 15) is 5.11 Å². The molecule has 0 amide bonds. The number of hydrogen-bond acceptors (Lipinski definition) is 3. The summed E-state index contributed by atoms with van der Waals surface area (Å²) in [7, 11) is 0. The Balaban J connectivity index is 2.08. The van der Waals surface area contributed by atoms with Gasteiger partial charge in [-0.3, -0.25) is 0 Å². The van der Waals surface area contributed by atoms with E-state index in [-0.39, 0.29) is 12.0 Å². The number of rotatable bonds is 2. The van der Waals surface area contributed by atoms with E-state index in [2.05, 4.69) is 13.8 Å². The molecule has 1 saturated carbocycles. The second-order valence-electron chi connectivity index (χ2n) is 4.94. The summed E-state index contributed by atoms with van der Waals surface area (Å²) in [6, 6.07) is 4.05. The second-order valence-corrected chi connectivity index (χ2v) is 4.94. The van der Waals surface area contributed by atoms with E-state index in [1.54, 1.807) is 0 Å². The minimum Gasteiger partial charge on any atom is -0.454 e. The highest BCUT2D eigenvalue weighted by molar-refractivity contribution is 5.52. The van der Waals surface area contributed by atoms with E-state index >= 15 is 0 Å². The van der Waals surface area contributed by atoms with E-state index < -0.39 is 0 Å². The van der Waals surface area contributed by atoms with Crippen molar-refractivity contribution in [3.05, 3.63) is 23.3 Å². The molecule has 1 fully saturated rings. The first kappa shape index (κ1) is 9.97. The molecule has 0 aromatic heterocycles. The first-order valence-electron chi connectivity index (χ1n) is 5.69. The summed E-state index contributed by atoms with van der Waals surface area (Å²) < 4.78 is 10.7. The van der Waals surface area contributed by atoms with Crippen LogP contribution in [-0.4, -0.2) is 18.5 Å². The number of aliphatic hydroxyl groups is 1. The van der Waals surface area contributed by atoms with Gasteiger partial charge in [-0.1, -0.05) is 6.92 Å². The molecule has 1 aliphatic heterocycles. The summed E-state index contributed by atoms with van der Waals surface area (Å²) >= 11 is 0. The Bertz CT molecular complexity index is 437. The van der Waals surface area contributed by atoms with Gasteiger partial charge in [-0.15, -0.1) is 0 Å². The molecular weight excluding hydrogens is 204 g/mol. The standard InChI is InChI=1S/C13H16O3/c1-8-3-11-12(16-7-15-11)4-10(8)13(6-14)5-9(13)2/h3-4,9,14H,5-7H2,1-2H3. The van der Waals surface area contributed by atoms with Gasteiger partial charge in [0.1, 0.15) is 0 Å². The van der Waals surface area contributed by atoms with Crippen molar-refractivity contribution in [2.45, 2.75) is 25.7 Å². The maximum Gasteiger partial charge on any atom is 0.231 e. The minimum absolute atomic E-state index is 0.0366. The number of hydrogen-bond donors (Lipinski definition) is 1. The molecule has 0 bridgehead atoms. The predicted molar refractivity (Wildman–Crippen MR) is 59.8 cm³/mol. The summed E-state index contributed by atoms with van der Waals surface area (Å²) in [4.78, 5) is 0. The lowest BCUT2D eigenvalue weighted by Gasteiger charge is -2.17. The van der Waals surface area contributed by atoms with Gasteiger partial charge in [-0.2, -0.15) is 0 Å². The van der Waals surface area contributed by atoms with E-state index in [1.807, 2.05) is 12.1 Å². The average Bonchev–Trinajstić information content (AvgIpc) is 2.72. The fourth-order valence-electron chi connectivity index (χ4n) is 2.75. The van der Waals surface area contributed by atoms with Gasteiger partial charge in [0.15, 0.2) is 11.5 Å². The van der Waals surface area contributed by atoms with Crippen LogP contribution in [0.15, 0.2) is 12.1 Å². The molecule has 2 aliphatic rings. The van der Waals surface area contributed by atoms with Crippen molar-refractivity contribution >= 4 is 0 Å². The Kier molecular flexibility index (Phi) is 1.96. The highest BCUT2D eigenvalue weighted by Gasteiger charge is 2.52. The van der Waals surface area contributed by atoms with Crippen molar-refractivity contribution in [2.24, 2.45) is 5.92 Å². The fraction of sp³-hybridized carbons (Fsp3) is 0.538. The van der Waals surface area contributed by atoms with Gasteiger partial charge in [-0.25, -0.2) is 0 Å². The lowest BCUT2D eigenvalue weighted by atomic mass is 9.90. The number of benzene rings is 1. The van der Waals surface area contributed by atoms with Crippen LogP contribution in [0.4, 0.5) is 0 Å². The Hall–Kier alpha value is -1.22. The lowest BCUT2D eigenvalue weighted by Crippen LogP contribution is -2.16. The summed E-state index contributed by atoms with van der Waals surface area (Å²) in [6.07, 6.45) is 1.06. The van der Waals surface area contributed by atoms with Crippen LogP contribution < -0.4 is 9.47 Å². The minimum atomic E-state index is -0.0366. The molecule has 86 valence electrons. The molecule has 0 saturated heterocycles. The Morgan fingerprint density at radius 2 is 2.00 bits per heavy atom. The summed E-state index contributed by atoms with van der Waals surface area (Å²) in [5.74, 6) is 2.19. The molecule has 1 aromatic carbocycles. The molecule has 2 unspecified atom stereocenters. The molecule has 0 radical (unpaired) electrons. The first-order chi connectivity index (χ1) is 7.67. The molecule has 3 nitrogen and oxygen atoms in total. The van der Waals surface area contributed by atoms with Crippen LogP contribution in [0.1, 0.15) is 24.5 Å². The Labute approximate surface area is 95.0 Å². The van der Waals surface area contributed by atoms with Crippen molar-refractivity contribution in [1.29, 1.82) is 0 Å². The zero-order valence-corrected chi connectivity index (χ0v) is 9.62. The van der Waals surface area contributed by atoms with Crippen molar-refractivity contribution in [3.8, 4) is 11.5 Å². The maximum atomic E-state index is 9.58. The van der Waals surface area contributed by atoms with Crippen LogP contribution in [0.25, 0.3) is 0 Å². The van der Waals surface area contributed by atoms with Crippen molar-refractivity contribution in [1.82, 2.24) is 0 Å².